The van der Waals surface area contributed by atoms with E-state index < -0.39 is 61.8 Å². The average Bonchev–Trinajstić information content (AvgIpc) is 2.68. The Morgan fingerprint density at radius 2 is 0.821 bits per heavy atom. The summed E-state index contributed by atoms with van der Waals surface area (Å²) in [6.07, 6.45) is 0. The van der Waals surface area contributed by atoms with Crippen LogP contribution in [0.5, 0.6) is 0 Å². The highest BCUT2D eigenvalue weighted by Crippen LogP contribution is 2.19. The van der Waals surface area contributed by atoms with Gasteiger partial charge >= 0.3 is 0 Å². The van der Waals surface area contributed by atoms with E-state index in [4.69, 9.17) is 10.8 Å². The molecule has 0 atom stereocenters. The molecule has 0 amide bonds. The molecule has 0 saturated carbocycles. The Kier molecular flexibility index (Phi) is 9.57. The molecule has 12 heteroatoms. The van der Waals surface area contributed by atoms with Crippen LogP contribution < -0.4 is 10.6 Å². The van der Waals surface area contributed by atoms with Gasteiger partial charge in [-0.2, -0.15) is 10.2 Å². The molecule has 12 nitrogen and oxygen atoms in total. The zero-order chi connectivity index (χ0) is 22.2. The molecule has 0 spiro atoms. The largest absolute Gasteiger partial charge is 0.394 e. The lowest BCUT2D eigenvalue weighted by molar-refractivity contribution is 0.0541. The lowest BCUT2D eigenvalue weighted by Crippen LogP contribution is -2.61. The van der Waals surface area contributed by atoms with E-state index in [1.54, 1.807) is 0 Å². The number of azo groups is 1. The minimum absolute atomic E-state index is 0.223. The Morgan fingerprint density at radius 1 is 0.607 bits per heavy atom. The minimum Gasteiger partial charge on any atom is -0.394 e. The van der Waals surface area contributed by atoms with E-state index in [2.05, 4.69) is 20.9 Å². The van der Waals surface area contributed by atoms with E-state index in [-0.39, 0.29) is 11.7 Å². The van der Waals surface area contributed by atoms with Gasteiger partial charge in [0.25, 0.3) is 0 Å². The van der Waals surface area contributed by atoms with Crippen LogP contribution in [-0.4, -0.2) is 104 Å². The van der Waals surface area contributed by atoms with Gasteiger partial charge in [0.2, 0.25) is 0 Å². The zero-order valence-corrected chi connectivity index (χ0v) is 16.8. The average molecular weight is 406 g/mol. The summed E-state index contributed by atoms with van der Waals surface area (Å²) in [4.78, 5) is 0. The second-order valence-corrected chi connectivity index (χ2v) is 7.83. The van der Waals surface area contributed by atoms with E-state index in [9.17, 15) is 30.6 Å². The van der Waals surface area contributed by atoms with Crippen LogP contribution in [0.3, 0.4) is 0 Å². The van der Waals surface area contributed by atoms with Crippen LogP contribution in [0.15, 0.2) is 10.2 Å². The van der Waals surface area contributed by atoms with Crippen molar-refractivity contribution in [2.45, 2.75) is 49.9 Å². The fourth-order valence-corrected chi connectivity index (χ4v) is 1.72. The molecule has 10 N–H and O–H groups in total. The molecular weight excluding hydrogens is 372 g/mol. The van der Waals surface area contributed by atoms with Crippen LogP contribution in [0.4, 0.5) is 0 Å². The number of nitrogens with one attached hydrogen (secondary N) is 4. The first kappa shape index (κ1) is 26.3. The highest BCUT2D eigenvalue weighted by molar-refractivity contribution is 5.90. The van der Waals surface area contributed by atoms with Crippen molar-refractivity contribution >= 4 is 11.7 Å². The standard InChI is InChI=1S/C16H34N6O6/c1-13(2,11(17)19-15(5-23,6-24)7-25)21-22-14(3,4)12(18)20-16(8-26,9-27)10-28/h23-28H,5-10H2,1-4H3,(H2,17,19)(H2,18,20)/b22-21+. The molecule has 0 aliphatic rings. The molecule has 0 saturated heterocycles. The summed E-state index contributed by atoms with van der Waals surface area (Å²) in [6.45, 7) is 2.49. The van der Waals surface area contributed by atoms with Gasteiger partial charge in [0, 0.05) is 0 Å². The van der Waals surface area contributed by atoms with E-state index in [1.165, 1.54) is 27.7 Å². The van der Waals surface area contributed by atoms with Crippen LogP contribution in [0.1, 0.15) is 27.7 Å². The van der Waals surface area contributed by atoms with Crippen molar-refractivity contribution in [3.63, 3.8) is 0 Å². The number of hydrogen-bond donors (Lipinski definition) is 10. The molecule has 0 bridgehead atoms. The van der Waals surface area contributed by atoms with Gasteiger partial charge in [0.05, 0.1) is 39.6 Å². The Morgan fingerprint density at radius 3 is 1.00 bits per heavy atom. The SMILES string of the molecule is CC(C)(/N=N/C(C)(C)C(=N)NC(CO)(CO)CO)C(=N)NC(CO)(CO)CO. The van der Waals surface area contributed by atoms with Gasteiger partial charge in [0.15, 0.2) is 0 Å². The maximum absolute atomic E-state index is 9.37. The van der Waals surface area contributed by atoms with Crippen molar-refractivity contribution in [2.24, 2.45) is 10.2 Å². The molecule has 0 rings (SSSR count). The summed E-state index contributed by atoms with van der Waals surface area (Å²) in [7, 11) is 0. The molecular formula is C16H34N6O6. The molecule has 0 aliphatic heterocycles. The van der Waals surface area contributed by atoms with Crippen molar-refractivity contribution in [3.8, 4) is 0 Å². The molecule has 0 radical (unpaired) electrons. The van der Waals surface area contributed by atoms with Crippen molar-refractivity contribution in [3.05, 3.63) is 0 Å². The maximum atomic E-state index is 9.37. The molecule has 28 heavy (non-hydrogen) atoms. The molecule has 0 heterocycles. The van der Waals surface area contributed by atoms with Gasteiger partial charge in [-0.3, -0.25) is 10.8 Å². The summed E-state index contributed by atoms with van der Waals surface area (Å²) in [5.74, 6) is -0.446. The molecule has 0 aromatic rings. The number of nitrogens with zero attached hydrogens (tertiary/aromatic N) is 2. The van der Waals surface area contributed by atoms with Crippen LogP contribution in [0.25, 0.3) is 0 Å². The van der Waals surface area contributed by atoms with E-state index in [0.29, 0.717) is 0 Å². The third-order valence-electron chi connectivity index (χ3n) is 4.37. The van der Waals surface area contributed by atoms with Gasteiger partial charge < -0.3 is 41.3 Å². The molecule has 0 unspecified atom stereocenters. The van der Waals surface area contributed by atoms with E-state index in [0.717, 1.165) is 0 Å². The number of rotatable bonds is 12. The van der Waals surface area contributed by atoms with Crippen molar-refractivity contribution in [1.82, 2.24) is 10.6 Å². The fraction of sp³-hybridized carbons (Fsp3) is 0.875. The Bertz CT molecular complexity index is 493. The van der Waals surface area contributed by atoms with E-state index >= 15 is 0 Å². The monoisotopic (exact) mass is 406 g/mol. The van der Waals surface area contributed by atoms with Crippen LogP contribution in [0, 0.1) is 10.8 Å². The number of hydrogen-bond acceptors (Lipinski definition) is 10. The Hall–Kier alpha value is -1.70. The first-order valence-corrected chi connectivity index (χ1v) is 8.67. The zero-order valence-electron chi connectivity index (χ0n) is 16.8. The van der Waals surface area contributed by atoms with Crippen molar-refractivity contribution < 1.29 is 30.6 Å². The summed E-state index contributed by atoms with van der Waals surface area (Å²) in [6, 6.07) is 0. The summed E-state index contributed by atoms with van der Waals surface area (Å²) >= 11 is 0. The predicted molar refractivity (Wildman–Crippen MR) is 103 cm³/mol. The molecule has 0 fully saturated rings. The highest BCUT2D eigenvalue weighted by atomic mass is 16.3. The Balaban J connectivity index is 5.39. The van der Waals surface area contributed by atoms with Gasteiger partial charge in [-0.1, -0.05) is 0 Å². The lowest BCUT2D eigenvalue weighted by atomic mass is 9.98. The molecule has 164 valence electrons. The number of aliphatic hydroxyl groups is 6. The van der Waals surface area contributed by atoms with Gasteiger partial charge in [-0.05, 0) is 27.7 Å². The normalized spacial score (nSPS) is 13.6. The van der Waals surface area contributed by atoms with Crippen LogP contribution in [-0.2, 0) is 0 Å². The first-order valence-electron chi connectivity index (χ1n) is 8.67. The van der Waals surface area contributed by atoms with Gasteiger partial charge in [-0.25, -0.2) is 0 Å². The van der Waals surface area contributed by atoms with Crippen LogP contribution in [0.2, 0.25) is 0 Å². The third kappa shape index (κ3) is 6.43. The lowest BCUT2D eigenvalue weighted by Gasteiger charge is -2.35. The van der Waals surface area contributed by atoms with Crippen molar-refractivity contribution in [2.75, 3.05) is 39.6 Å². The molecule has 0 aliphatic carbocycles. The first-order chi connectivity index (χ1) is 12.8. The summed E-state index contributed by atoms with van der Waals surface area (Å²) in [5.41, 5.74) is -5.47. The smallest absolute Gasteiger partial charge is 0.132 e. The topological polar surface area (TPSA) is 218 Å². The van der Waals surface area contributed by atoms with Gasteiger partial charge in [-0.15, -0.1) is 0 Å². The van der Waals surface area contributed by atoms with Gasteiger partial charge in [0.1, 0.15) is 33.8 Å². The summed E-state index contributed by atoms with van der Waals surface area (Å²) < 4.78 is 0. The highest BCUT2D eigenvalue weighted by Gasteiger charge is 2.37. The Labute approximate surface area is 164 Å². The fourth-order valence-electron chi connectivity index (χ4n) is 1.72. The molecule has 0 aromatic carbocycles. The summed E-state index contributed by atoms with van der Waals surface area (Å²) in [5, 5.41) is 85.8. The predicted octanol–water partition coefficient (Wildman–Crippen LogP) is -2.44. The number of aliphatic hydroxyl groups excluding tert-OH is 6. The van der Waals surface area contributed by atoms with Crippen LogP contribution >= 0.6 is 0 Å². The second kappa shape index (κ2) is 10.2. The number of amidine groups is 2. The molecule has 0 aromatic heterocycles. The minimum atomic E-state index is -1.49. The maximum Gasteiger partial charge on any atom is 0.132 e. The van der Waals surface area contributed by atoms with Crippen molar-refractivity contribution in [1.29, 1.82) is 10.8 Å². The quantitative estimate of drug-likeness (QED) is 0.0951. The third-order valence-corrected chi connectivity index (χ3v) is 4.37. The second-order valence-electron chi connectivity index (χ2n) is 7.83. The van der Waals surface area contributed by atoms with E-state index in [1.807, 2.05) is 0 Å².